The molecule has 0 aliphatic carbocycles. The number of esters is 1. The summed E-state index contributed by atoms with van der Waals surface area (Å²) in [6.45, 7) is 7.30. The Morgan fingerprint density at radius 2 is 1.93 bits per heavy atom. The second-order valence-corrected chi connectivity index (χ2v) is 8.55. The van der Waals surface area contributed by atoms with Gasteiger partial charge in [-0.05, 0) is 30.4 Å². The minimum Gasteiger partial charge on any atom is -0.507 e. The van der Waals surface area contributed by atoms with E-state index in [4.69, 9.17) is 10.5 Å². The number of rotatable bonds is 9. The van der Waals surface area contributed by atoms with Crippen LogP contribution in [0.1, 0.15) is 56.5 Å². The number of phenolic OH excluding ortho intramolecular Hbond substituents is 1. The number of hydrogen-bond donors (Lipinski definition) is 5. The Kier molecular flexibility index (Phi) is 8.23. The summed E-state index contributed by atoms with van der Waals surface area (Å²) in [4.78, 5) is 25.3. The Balaban J connectivity index is 2.16. The maximum Gasteiger partial charge on any atom is 0.342 e. The zero-order valence-corrected chi connectivity index (χ0v) is 18.0. The van der Waals surface area contributed by atoms with E-state index in [9.17, 15) is 24.9 Å². The van der Waals surface area contributed by atoms with Gasteiger partial charge in [-0.3, -0.25) is 4.79 Å². The van der Waals surface area contributed by atoms with Gasteiger partial charge in [0.15, 0.2) is 0 Å². The zero-order chi connectivity index (χ0) is 22.6. The van der Waals surface area contributed by atoms with Crippen molar-refractivity contribution in [2.75, 3.05) is 0 Å². The summed E-state index contributed by atoms with van der Waals surface area (Å²) in [7, 11) is 0. The SMILES string of the molecule is CC[C@H](N)[C@H](O)[C@H](O)[C@@H](C)C(=O)N[C@H](CC(C)C)[C@H]1Cc2cccc(O)c2C(=O)O1. The Hall–Kier alpha value is -2.16. The highest BCUT2D eigenvalue weighted by Crippen LogP contribution is 2.30. The number of phenols is 1. The number of aromatic hydroxyl groups is 1. The molecule has 0 saturated carbocycles. The first-order valence-corrected chi connectivity index (χ1v) is 10.5. The normalized spacial score (nSPS) is 21.2. The third-order valence-electron chi connectivity index (χ3n) is 5.70. The van der Waals surface area contributed by atoms with Crippen LogP contribution in [0.3, 0.4) is 0 Å². The van der Waals surface area contributed by atoms with E-state index in [1.165, 1.54) is 13.0 Å². The second kappa shape index (κ2) is 10.2. The van der Waals surface area contributed by atoms with Crippen molar-refractivity contribution in [1.29, 1.82) is 0 Å². The van der Waals surface area contributed by atoms with E-state index in [2.05, 4.69) is 5.32 Å². The summed E-state index contributed by atoms with van der Waals surface area (Å²) in [6.07, 6.45) is -1.77. The molecule has 168 valence electrons. The number of fused-ring (bicyclic) bond motifs is 1. The molecule has 1 amide bonds. The Morgan fingerprint density at radius 3 is 2.53 bits per heavy atom. The minimum absolute atomic E-state index is 0.126. The lowest BCUT2D eigenvalue weighted by Crippen LogP contribution is -2.53. The third-order valence-corrected chi connectivity index (χ3v) is 5.70. The van der Waals surface area contributed by atoms with Gasteiger partial charge in [-0.15, -0.1) is 0 Å². The molecule has 6 N–H and O–H groups in total. The summed E-state index contributed by atoms with van der Waals surface area (Å²) in [6, 6.07) is 3.74. The number of carbonyl (C=O) groups is 2. The fraction of sp³-hybridized carbons (Fsp3) is 0.636. The predicted molar refractivity (Wildman–Crippen MR) is 112 cm³/mol. The third kappa shape index (κ3) is 5.50. The maximum absolute atomic E-state index is 12.8. The number of aliphatic hydroxyl groups is 2. The van der Waals surface area contributed by atoms with Crippen LogP contribution in [0.5, 0.6) is 5.75 Å². The highest BCUT2D eigenvalue weighted by Gasteiger charge is 2.37. The van der Waals surface area contributed by atoms with Crippen LogP contribution >= 0.6 is 0 Å². The van der Waals surface area contributed by atoms with Crippen molar-refractivity contribution in [2.45, 2.75) is 77.4 Å². The summed E-state index contributed by atoms with van der Waals surface area (Å²) in [5.41, 5.74) is 6.61. The van der Waals surface area contributed by atoms with Crippen LogP contribution < -0.4 is 11.1 Å². The molecule has 0 bridgehead atoms. The van der Waals surface area contributed by atoms with Crippen LogP contribution in [0.4, 0.5) is 0 Å². The lowest BCUT2D eigenvalue weighted by atomic mass is 9.89. The molecule has 1 heterocycles. The van der Waals surface area contributed by atoms with Gasteiger partial charge in [-0.1, -0.05) is 39.8 Å². The first-order valence-electron chi connectivity index (χ1n) is 10.5. The Bertz CT molecular complexity index is 753. The molecule has 0 aromatic heterocycles. The van der Waals surface area contributed by atoms with Crippen molar-refractivity contribution in [1.82, 2.24) is 5.32 Å². The molecule has 6 atom stereocenters. The summed E-state index contributed by atoms with van der Waals surface area (Å²) >= 11 is 0. The van der Waals surface area contributed by atoms with Crippen molar-refractivity contribution < 1.29 is 29.6 Å². The van der Waals surface area contributed by atoms with Crippen LogP contribution in [-0.2, 0) is 16.0 Å². The van der Waals surface area contributed by atoms with Gasteiger partial charge < -0.3 is 31.1 Å². The number of amides is 1. The van der Waals surface area contributed by atoms with Crippen LogP contribution in [0.2, 0.25) is 0 Å². The van der Waals surface area contributed by atoms with Crippen molar-refractivity contribution >= 4 is 11.9 Å². The molecule has 1 aliphatic rings. The van der Waals surface area contributed by atoms with Crippen molar-refractivity contribution in [3.05, 3.63) is 29.3 Å². The quantitative estimate of drug-likeness (QED) is 0.375. The van der Waals surface area contributed by atoms with Gasteiger partial charge in [0.2, 0.25) is 5.91 Å². The largest absolute Gasteiger partial charge is 0.507 e. The van der Waals surface area contributed by atoms with Crippen LogP contribution in [0.15, 0.2) is 18.2 Å². The minimum atomic E-state index is -1.31. The standard InChI is InChI=1S/C22H34N2O6/c1-5-14(23)20(27)19(26)12(4)21(28)24-15(9-11(2)3)17-10-13-7-6-8-16(25)18(13)22(29)30-17/h6-8,11-12,14-15,17,19-20,25-27H,5,9-10,23H2,1-4H3,(H,24,28)/t12-,14+,15-,17-,19-,20+/m1/s1. The van der Waals surface area contributed by atoms with Crippen molar-refractivity contribution in [3.8, 4) is 5.75 Å². The molecular formula is C22H34N2O6. The van der Waals surface area contributed by atoms with Crippen LogP contribution in [0, 0.1) is 11.8 Å². The van der Waals surface area contributed by atoms with Gasteiger partial charge in [-0.2, -0.15) is 0 Å². The fourth-order valence-corrected chi connectivity index (χ4v) is 3.74. The Morgan fingerprint density at radius 1 is 1.27 bits per heavy atom. The molecule has 1 aromatic rings. The summed E-state index contributed by atoms with van der Waals surface area (Å²) < 4.78 is 5.56. The molecule has 0 fully saturated rings. The van der Waals surface area contributed by atoms with Gasteiger partial charge in [0.1, 0.15) is 17.4 Å². The number of benzene rings is 1. The van der Waals surface area contributed by atoms with Gasteiger partial charge in [0.05, 0.1) is 24.2 Å². The predicted octanol–water partition coefficient (Wildman–Crippen LogP) is 1.10. The molecule has 1 aliphatic heterocycles. The lowest BCUT2D eigenvalue weighted by Gasteiger charge is -2.34. The Labute approximate surface area is 177 Å². The van der Waals surface area contributed by atoms with E-state index in [1.807, 2.05) is 13.8 Å². The van der Waals surface area contributed by atoms with Gasteiger partial charge in [0.25, 0.3) is 0 Å². The number of hydrogen-bond acceptors (Lipinski definition) is 7. The monoisotopic (exact) mass is 422 g/mol. The lowest BCUT2D eigenvalue weighted by molar-refractivity contribution is -0.133. The number of nitrogens with two attached hydrogens (primary N) is 1. The van der Waals surface area contributed by atoms with E-state index >= 15 is 0 Å². The fourth-order valence-electron chi connectivity index (χ4n) is 3.74. The smallest absolute Gasteiger partial charge is 0.342 e. The first kappa shape index (κ1) is 24.1. The van der Waals surface area contributed by atoms with E-state index in [1.54, 1.807) is 19.1 Å². The number of carbonyl (C=O) groups excluding carboxylic acids is 2. The van der Waals surface area contributed by atoms with Crippen LogP contribution in [0.25, 0.3) is 0 Å². The number of cyclic esters (lactones) is 1. The number of aliphatic hydroxyl groups excluding tert-OH is 2. The molecule has 0 radical (unpaired) electrons. The van der Waals surface area contributed by atoms with E-state index in [-0.39, 0.29) is 17.2 Å². The topological polar surface area (TPSA) is 142 Å². The van der Waals surface area contributed by atoms with E-state index in [0.717, 1.165) is 0 Å². The molecule has 0 unspecified atom stereocenters. The van der Waals surface area contributed by atoms with Crippen molar-refractivity contribution in [3.63, 3.8) is 0 Å². The first-order chi connectivity index (χ1) is 14.1. The van der Waals surface area contributed by atoms with Gasteiger partial charge in [0, 0.05) is 12.5 Å². The average Bonchev–Trinajstić information content (AvgIpc) is 2.70. The molecule has 0 saturated heterocycles. The molecule has 30 heavy (non-hydrogen) atoms. The average molecular weight is 423 g/mol. The molecule has 0 spiro atoms. The summed E-state index contributed by atoms with van der Waals surface area (Å²) in [5, 5.41) is 33.4. The molecular weight excluding hydrogens is 388 g/mol. The van der Waals surface area contributed by atoms with Gasteiger partial charge in [-0.25, -0.2) is 4.79 Å². The molecule has 8 heteroatoms. The highest BCUT2D eigenvalue weighted by molar-refractivity contribution is 5.95. The van der Waals surface area contributed by atoms with Crippen LogP contribution in [-0.4, -0.2) is 57.6 Å². The van der Waals surface area contributed by atoms with E-state index < -0.39 is 48.2 Å². The highest BCUT2D eigenvalue weighted by atomic mass is 16.5. The second-order valence-electron chi connectivity index (χ2n) is 8.55. The number of nitrogens with one attached hydrogen (secondary N) is 1. The maximum atomic E-state index is 12.8. The molecule has 2 rings (SSSR count). The van der Waals surface area contributed by atoms with Gasteiger partial charge >= 0.3 is 5.97 Å². The zero-order valence-electron chi connectivity index (χ0n) is 18.0. The van der Waals surface area contributed by atoms with Crippen molar-refractivity contribution in [2.24, 2.45) is 17.6 Å². The summed E-state index contributed by atoms with van der Waals surface area (Å²) in [5.74, 6) is -1.90. The number of ether oxygens (including phenoxy) is 1. The molecule has 8 nitrogen and oxygen atoms in total. The molecule has 1 aromatic carbocycles. The van der Waals surface area contributed by atoms with E-state index in [0.29, 0.717) is 24.8 Å².